The summed E-state index contributed by atoms with van der Waals surface area (Å²) in [6.45, 7) is 11.6. The molecule has 0 spiro atoms. The molecule has 0 rings (SSSR count). The minimum Gasteiger partial charge on any atom is -0.383 e. The standard InChI is InChI=1S/C15H22ClN3/c1-7-12(2)8-14(11-19(5)6)10-18-13(3)9-15(16)17-4/h7-9,11H,1,4,10H2,2-3,5-6H3/b12-8-,14-11+,15-9-,18-13?. The molecular formula is C15H22ClN3. The van der Waals surface area contributed by atoms with Crippen LogP contribution in [-0.2, 0) is 0 Å². The Labute approximate surface area is 121 Å². The van der Waals surface area contributed by atoms with Crippen molar-refractivity contribution in [3.63, 3.8) is 0 Å². The van der Waals surface area contributed by atoms with Crippen molar-refractivity contribution in [2.24, 2.45) is 9.98 Å². The van der Waals surface area contributed by atoms with Crippen LogP contribution in [0.25, 0.3) is 0 Å². The first-order chi connectivity index (χ1) is 8.88. The number of hydrogen-bond acceptors (Lipinski definition) is 3. The molecule has 0 aromatic carbocycles. The molecule has 4 heteroatoms. The first kappa shape index (κ1) is 17.4. The van der Waals surface area contributed by atoms with Gasteiger partial charge in [0.15, 0.2) is 0 Å². The first-order valence-corrected chi connectivity index (χ1v) is 6.29. The maximum absolute atomic E-state index is 5.77. The molecule has 0 unspecified atom stereocenters. The van der Waals surface area contributed by atoms with E-state index in [1.165, 1.54) is 0 Å². The van der Waals surface area contributed by atoms with Crippen molar-refractivity contribution in [3.8, 4) is 0 Å². The van der Waals surface area contributed by atoms with Crippen LogP contribution in [0.5, 0.6) is 0 Å². The second kappa shape index (κ2) is 9.34. The average molecular weight is 280 g/mol. The average Bonchev–Trinajstić information content (AvgIpc) is 2.34. The van der Waals surface area contributed by atoms with Crippen LogP contribution in [0.15, 0.2) is 57.3 Å². The maximum Gasteiger partial charge on any atom is 0.130 e. The predicted molar refractivity (Wildman–Crippen MR) is 87.2 cm³/mol. The van der Waals surface area contributed by atoms with Crippen molar-refractivity contribution >= 4 is 24.0 Å². The number of rotatable bonds is 7. The van der Waals surface area contributed by atoms with E-state index >= 15 is 0 Å². The molecule has 19 heavy (non-hydrogen) atoms. The third-order valence-electron chi connectivity index (χ3n) is 2.15. The Morgan fingerprint density at radius 3 is 2.37 bits per heavy atom. The highest BCUT2D eigenvalue weighted by molar-refractivity contribution is 6.31. The summed E-state index contributed by atoms with van der Waals surface area (Å²) < 4.78 is 0. The summed E-state index contributed by atoms with van der Waals surface area (Å²) >= 11 is 5.77. The lowest BCUT2D eigenvalue weighted by molar-refractivity contribution is 0.558. The summed E-state index contributed by atoms with van der Waals surface area (Å²) in [6.07, 6.45) is 7.59. The van der Waals surface area contributed by atoms with E-state index < -0.39 is 0 Å². The van der Waals surface area contributed by atoms with Gasteiger partial charge in [-0.2, -0.15) is 0 Å². The Kier molecular flexibility index (Phi) is 8.55. The van der Waals surface area contributed by atoms with Gasteiger partial charge in [-0.3, -0.25) is 9.98 Å². The van der Waals surface area contributed by atoms with Gasteiger partial charge in [0.05, 0.1) is 6.54 Å². The minimum atomic E-state index is 0.345. The Bertz CT molecular complexity index is 440. The zero-order valence-electron chi connectivity index (χ0n) is 12.2. The second-order valence-electron chi connectivity index (χ2n) is 4.34. The van der Waals surface area contributed by atoms with E-state index in [0.717, 1.165) is 16.9 Å². The quantitative estimate of drug-likeness (QED) is 0.396. The van der Waals surface area contributed by atoms with Gasteiger partial charge in [0.2, 0.25) is 0 Å². The molecule has 0 atom stereocenters. The summed E-state index contributed by atoms with van der Waals surface area (Å²) in [5, 5.41) is 0.345. The van der Waals surface area contributed by atoms with E-state index in [1.807, 2.05) is 45.1 Å². The second-order valence-corrected chi connectivity index (χ2v) is 4.73. The highest BCUT2D eigenvalue weighted by Crippen LogP contribution is 2.07. The molecular weight excluding hydrogens is 258 g/mol. The van der Waals surface area contributed by atoms with Crippen molar-refractivity contribution in [1.82, 2.24) is 4.90 Å². The van der Waals surface area contributed by atoms with Crippen LogP contribution in [0.3, 0.4) is 0 Å². The fourth-order valence-electron chi connectivity index (χ4n) is 1.29. The fraction of sp³-hybridized carbons (Fsp3) is 0.333. The molecule has 0 aromatic rings. The molecule has 0 aliphatic carbocycles. The van der Waals surface area contributed by atoms with Crippen LogP contribution in [-0.4, -0.2) is 38.0 Å². The molecule has 0 bridgehead atoms. The zero-order chi connectivity index (χ0) is 14.8. The minimum absolute atomic E-state index is 0.345. The molecule has 0 aliphatic heterocycles. The summed E-state index contributed by atoms with van der Waals surface area (Å²) in [4.78, 5) is 10.0. The van der Waals surface area contributed by atoms with Gasteiger partial charge in [0, 0.05) is 26.0 Å². The molecule has 0 saturated carbocycles. The molecule has 104 valence electrons. The molecule has 0 saturated heterocycles. The van der Waals surface area contributed by atoms with Gasteiger partial charge in [-0.1, -0.05) is 35.9 Å². The van der Waals surface area contributed by atoms with E-state index in [2.05, 4.69) is 29.4 Å². The van der Waals surface area contributed by atoms with Gasteiger partial charge in [0.1, 0.15) is 5.16 Å². The van der Waals surface area contributed by atoms with Gasteiger partial charge in [-0.15, -0.1) is 0 Å². The van der Waals surface area contributed by atoms with Crippen molar-refractivity contribution in [2.45, 2.75) is 13.8 Å². The predicted octanol–water partition coefficient (Wildman–Crippen LogP) is 3.81. The van der Waals surface area contributed by atoms with E-state index in [9.17, 15) is 0 Å². The lowest BCUT2D eigenvalue weighted by Crippen LogP contribution is -2.04. The molecule has 0 fully saturated rings. The van der Waals surface area contributed by atoms with Gasteiger partial charge < -0.3 is 4.90 Å². The van der Waals surface area contributed by atoms with Crippen molar-refractivity contribution in [3.05, 3.63) is 47.3 Å². The Morgan fingerprint density at radius 2 is 1.89 bits per heavy atom. The van der Waals surface area contributed by atoms with Crippen LogP contribution in [0, 0.1) is 0 Å². The lowest BCUT2D eigenvalue weighted by atomic mass is 10.2. The Hall–Kier alpha value is -1.61. The summed E-state index contributed by atoms with van der Waals surface area (Å²) in [5.41, 5.74) is 3.01. The number of hydrogen-bond donors (Lipinski definition) is 0. The third-order valence-corrected chi connectivity index (χ3v) is 2.38. The SMILES string of the molecule is C=C/C(C)=C\C(=C/N(C)C)CN=C(C)/C=C(/Cl)N=C. The summed E-state index contributed by atoms with van der Waals surface area (Å²) in [7, 11) is 3.96. The van der Waals surface area contributed by atoms with Crippen molar-refractivity contribution in [1.29, 1.82) is 0 Å². The van der Waals surface area contributed by atoms with Gasteiger partial charge in [-0.25, -0.2) is 0 Å². The summed E-state index contributed by atoms with van der Waals surface area (Å²) in [6, 6.07) is 0. The normalized spacial score (nSPS) is 14.4. The van der Waals surface area contributed by atoms with Crippen LogP contribution >= 0.6 is 11.6 Å². The Morgan fingerprint density at radius 1 is 1.26 bits per heavy atom. The van der Waals surface area contributed by atoms with Crippen LogP contribution in [0.2, 0.25) is 0 Å². The first-order valence-electron chi connectivity index (χ1n) is 5.92. The largest absolute Gasteiger partial charge is 0.383 e. The number of nitrogens with zero attached hydrogens (tertiary/aromatic N) is 3. The third kappa shape index (κ3) is 9.03. The Balaban J connectivity index is 5.00. The number of aliphatic imine (C=N–C) groups is 2. The van der Waals surface area contributed by atoms with Gasteiger partial charge in [0.25, 0.3) is 0 Å². The van der Waals surface area contributed by atoms with E-state index in [4.69, 9.17) is 11.6 Å². The zero-order valence-corrected chi connectivity index (χ0v) is 12.9. The molecule has 3 nitrogen and oxygen atoms in total. The molecule has 0 amide bonds. The van der Waals surface area contributed by atoms with E-state index in [1.54, 1.807) is 6.08 Å². The van der Waals surface area contributed by atoms with Gasteiger partial charge in [-0.05, 0) is 32.2 Å². The van der Waals surface area contributed by atoms with Crippen molar-refractivity contribution in [2.75, 3.05) is 20.6 Å². The highest BCUT2D eigenvalue weighted by atomic mass is 35.5. The monoisotopic (exact) mass is 279 g/mol. The molecule has 0 N–H and O–H groups in total. The number of halogens is 1. The van der Waals surface area contributed by atoms with Crippen LogP contribution in [0.4, 0.5) is 0 Å². The molecule has 0 radical (unpaired) electrons. The smallest absolute Gasteiger partial charge is 0.130 e. The van der Waals surface area contributed by atoms with E-state index in [0.29, 0.717) is 11.7 Å². The summed E-state index contributed by atoms with van der Waals surface area (Å²) in [5.74, 6) is 0. The van der Waals surface area contributed by atoms with Crippen LogP contribution < -0.4 is 0 Å². The van der Waals surface area contributed by atoms with Gasteiger partial charge >= 0.3 is 0 Å². The van der Waals surface area contributed by atoms with Crippen LogP contribution in [0.1, 0.15) is 13.8 Å². The van der Waals surface area contributed by atoms with E-state index in [-0.39, 0.29) is 0 Å². The lowest BCUT2D eigenvalue weighted by Gasteiger charge is -2.08. The fourth-order valence-corrected chi connectivity index (χ4v) is 1.44. The molecule has 0 aliphatic rings. The van der Waals surface area contributed by atoms with Crippen molar-refractivity contribution < 1.29 is 0 Å². The topological polar surface area (TPSA) is 28.0 Å². The maximum atomic E-state index is 5.77. The molecule has 0 heterocycles. The molecule has 0 aromatic heterocycles. The highest BCUT2D eigenvalue weighted by Gasteiger charge is 1.96. The number of allylic oxidation sites excluding steroid dienone is 3.